The second-order valence-electron chi connectivity index (χ2n) is 6.30. The van der Waals surface area contributed by atoms with Crippen LogP contribution in [0.5, 0.6) is 0 Å². The van der Waals surface area contributed by atoms with Crippen molar-refractivity contribution in [2.45, 2.75) is 19.4 Å². The van der Waals surface area contributed by atoms with Gasteiger partial charge in [-0.05, 0) is 42.7 Å². The Morgan fingerprint density at radius 3 is 2.88 bits per heavy atom. The summed E-state index contributed by atoms with van der Waals surface area (Å²) in [6.45, 7) is 0.906. The quantitative estimate of drug-likeness (QED) is 0.561. The van der Waals surface area contributed by atoms with Crippen LogP contribution in [0.2, 0.25) is 5.02 Å². The molecule has 4 nitrogen and oxygen atoms in total. The van der Waals surface area contributed by atoms with Crippen molar-refractivity contribution in [1.82, 2.24) is 20.0 Å². The molecule has 0 unspecified atom stereocenters. The standard InChI is InChI=1S/C19H14ClFN4/c20-14-8-12(5-6-15(14)21)19-18(17-2-1-7-25(17)24-19)11-3-4-13-10-22-23-16(13)9-11/h3-6,8-10H,1-2,7H2,(H,22,23). The Bertz CT molecular complexity index is 1110. The van der Waals surface area contributed by atoms with Crippen LogP contribution in [-0.4, -0.2) is 20.0 Å². The molecular formula is C19H14ClFN4. The number of rotatable bonds is 2. The number of nitrogens with zero attached hydrogens (tertiary/aromatic N) is 3. The van der Waals surface area contributed by atoms with E-state index in [1.807, 2.05) is 6.20 Å². The van der Waals surface area contributed by atoms with E-state index in [4.69, 9.17) is 16.7 Å². The van der Waals surface area contributed by atoms with E-state index in [1.54, 1.807) is 12.1 Å². The molecule has 1 aliphatic rings. The van der Waals surface area contributed by atoms with Gasteiger partial charge < -0.3 is 0 Å². The smallest absolute Gasteiger partial charge is 0.141 e. The Morgan fingerprint density at radius 1 is 1.12 bits per heavy atom. The van der Waals surface area contributed by atoms with Crippen LogP contribution in [0.25, 0.3) is 33.3 Å². The molecule has 6 heteroatoms. The lowest BCUT2D eigenvalue weighted by Crippen LogP contribution is -1.94. The summed E-state index contributed by atoms with van der Waals surface area (Å²) in [5.74, 6) is -0.419. The molecule has 0 saturated heterocycles. The largest absolute Gasteiger partial charge is 0.278 e. The van der Waals surface area contributed by atoms with Crippen LogP contribution < -0.4 is 0 Å². The first-order valence-corrected chi connectivity index (χ1v) is 8.57. The zero-order valence-corrected chi connectivity index (χ0v) is 14.0. The molecule has 3 heterocycles. The fourth-order valence-corrected chi connectivity index (χ4v) is 3.75. The van der Waals surface area contributed by atoms with Crippen molar-refractivity contribution in [3.63, 3.8) is 0 Å². The molecule has 0 radical (unpaired) electrons. The topological polar surface area (TPSA) is 46.5 Å². The number of aromatic amines is 1. The minimum Gasteiger partial charge on any atom is -0.278 e. The van der Waals surface area contributed by atoms with Crippen molar-refractivity contribution >= 4 is 22.5 Å². The van der Waals surface area contributed by atoms with E-state index in [0.717, 1.165) is 52.7 Å². The van der Waals surface area contributed by atoms with E-state index in [0.29, 0.717) is 0 Å². The number of aryl methyl sites for hydroxylation is 1. The van der Waals surface area contributed by atoms with Crippen LogP contribution in [0.4, 0.5) is 4.39 Å². The van der Waals surface area contributed by atoms with Gasteiger partial charge in [-0.15, -0.1) is 0 Å². The van der Waals surface area contributed by atoms with E-state index in [2.05, 4.69) is 33.1 Å². The summed E-state index contributed by atoms with van der Waals surface area (Å²) in [6.07, 6.45) is 3.88. The fourth-order valence-electron chi connectivity index (χ4n) is 3.57. The van der Waals surface area contributed by atoms with Crippen molar-refractivity contribution in [2.24, 2.45) is 0 Å². The Kier molecular flexibility index (Phi) is 3.18. The second kappa shape index (κ2) is 5.43. The molecule has 4 aromatic rings. The Hall–Kier alpha value is -2.66. The summed E-state index contributed by atoms with van der Waals surface area (Å²) in [6, 6.07) is 11.0. The summed E-state index contributed by atoms with van der Waals surface area (Å²) in [7, 11) is 0. The molecule has 2 aromatic carbocycles. The van der Waals surface area contributed by atoms with Gasteiger partial charge in [-0.25, -0.2) is 4.39 Å². The van der Waals surface area contributed by atoms with Crippen LogP contribution in [0, 0.1) is 5.82 Å². The highest BCUT2D eigenvalue weighted by molar-refractivity contribution is 6.31. The second-order valence-corrected chi connectivity index (χ2v) is 6.71. The highest BCUT2D eigenvalue weighted by Gasteiger charge is 2.24. The van der Waals surface area contributed by atoms with E-state index < -0.39 is 5.82 Å². The summed E-state index contributed by atoms with van der Waals surface area (Å²) in [4.78, 5) is 0. The number of aromatic nitrogens is 4. The van der Waals surface area contributed by atoms with Gasteiger partial charge in [0.2, 0.25) is 0 Å². The number of hydrogen-bond donors (Lipinski definition) is 1. The van der Waals surface area contributed by atoms with Crippen LogP contribution in [-0.2, 0) is 13.0 Å². The van der Waals surface area contributed by atoms with Crippen molar-refractivity contribution < 1.29 is 4.39 Å². The fraction of sp³-hybridized carbons (Fsp3) is 0.158. The lowest BCUT2D eigenvalue weighted by Gasteiger charge is -2.07. The van der Waals surface area contributed by atoms with Crippen molar-refractivity contribution in [2.75, 3.05) is 0 Å². The number of H-pyrrole nitrogens is 1. The molecule has 5 rings (SSSR count). The van der Waals surface area contributed by atoms with Crippen LogP contribution in [0.15, 0.2) is 42.6 Å². The van der Waals surface area contributed by atoms with Crippen LogP contribution in [0.1, 0.15) is 12.1 Å². The third-order valence-electron chi connectivity index (χ3n) is 4.76. The van der Waals surface area contributed by atoms with Crippen molar-refractivity contribution in [3.05, 3.63) is 59.1 Å². The molecule has 0 fully saturated rings. The normalized spacial score (nSPS) is 13.5. The molecule has 25 heavy (non-hydrogen) atoms. The summed E-state index contributed by atoms with van der Waals surface area (Å²) >= 11 is 6.00. The van der Waals surface area contributed by atoms with E-state index >= 15 is 0 Å². The molecule has 0 atom stereocenters. The maximum Gasteiger partial charge on any atom is 0.141 e. The number of hydrogen-bond acceptors (Lipinski definition) is 2. The Morgan fingerprint density at radius 2 is 2.00 bits per heavy atom. The molecule has 2 aromatic heterocycles. The summed E-state index contributed by atoms with van der Waals surface area (Å²) < 4.78 is 15.6. The van der Waals surface area contributed by atoms with Gasteiger partial charge in [-0.2, -0.15) is 10.2 Å². The monoisotopic (exact) mass is 352 g/mol. The average Bonchev–Trinajstić information content (AvgIpc) is 3.31. The van der Waals surface area contributed by atoms with Gasteiger partial charge in [-0.1, -0.05) is 23.7 Å². The molecule has 0 amide bonds. The third-order valence-corrected chi connectivity index (χ3v) is 5.05. The number of nitrogens with one attached hydrogen (secondary N) is 1. The van der Waals surface area contributed by atoms with Gasteiger partial charge >= 0.3 is 0 Å². The molecule has 0 spiro atoms. The van der Waals surface area contributed by atoms with Gasteiger partial charge in [0.1, 0.15) is 11.5 Å². The van der Waals surface area contributed by atoms with Crippen molar-refractivity contribution in [1.29, 1.82) is 0 Å². The van der Waals surface area contributed by atoms with E-state index in [9.17, 15) is 4.39 Å². The van der Waals surface area contributed by atoms with Crippen molar-refractivity contribution in [3.8, 4) is 22.4 Å². The molecule has 124 valence electrons. The first-order chi connectivity index (χ1) is 12.2. The summed E-state index contributed by atoms with van der Waals surface area (Å²) in [5.41, 5.74) is 6.04. The number of halogens is 2. The van der Waals surface area contributed by atoms with Gasteiger partial charge in [0.15, 0.2) is 0 Å². The number of fused-ring (bicyclic) bond motifs is 2. The molecular weight excluding hydrogens is 339 g/mol. The van der Waals surface area contributed by atoms with Gasteiger partial charge in [0.25, 0.3) is 0 Å². The maximum atomic E-state index is 13.6. The predicted octanol–water partition coefficient (Wildman–Crippen LogP) is 4.83. The zero-order valence-electron chi connectivity index (χ0n) is 13.3. The van der Waals surface area contributed by atoms with Crippen LogP contribution in [0.3, 0.4) is 0 Å². The molecule has 0 bridgehead atoms. The maximum absolute atomic E-state index is 13.6. The minimum atomic E-state index is -0.419. The highest BCUT2D eigenvalue weighted by Crippen LogP contribution is 2.39. The lowest BCUT2D eigenvalue weighted by atomic mass is 9.97. The lowest BCUT2D eigenvalue weighted by molar-refractivity contribution is 0.628. The molecule has 1 aliphatic heterocycles. The molecule has 1 N–H and O–H groups in total. The first kappa shape index (κ1) is 14.7. The first-order valence-electron chi connectivity index (χ1n) is 8.19. The van der Waals surface area contributed by atoms with E-state index in [-0.39, 0.29) is 5.02 Å². The third kappa shape index (κ3) is 2.27. The van der Waals surface area contributed by atoms with Gasteiger partial charge in [-0.3, -0.25) is 9.78 Å². The van der Waals surface area contributed by atoms with Gasteiger partial charge in [0.05, 0.1) is 16.7 Å². The number of benzene rings is 2. The van der Waals surface area contributed by atoms with E-state index in [1.165, 1.54) is 11.8 Å². The predicted molar refractivity (Wildman–Crippen MR) is 96.0 cm³/mol. The molecule has 0 saturated carbocycles. The van der Waals surface area contributed by atoms with Crippen LogP contribution >= 0.6 is 11.6 Å². The SMILES string of the molecule is Fc1ccc(-c2nn3c(c2-c2ccc4cn[nH]c4c2)CCC3)cc1Cl. The Labute approximate surface area is 148 Å². The zero-order chi connectivity index (χ0) is 17.0. The highest BCUT2D eigenvalue weighted by atomic mass is 35.5. The minimum absolute atomic E-state index is 0.112. The molecule has 0 aliphatic carbocycles. The Balaban J connectivity index is 1.76. The summed E-state index contributed by atoms with van der Waals surface area (Å²) in [5, 5.41) is 13.1. The van der Waals surface area contributed by atoms with Gasteiger partial charge in [0, 0.05) is 28.8 Å². The average molecular weight is 353 g/mol.